The quantitative estimate of drug-likeness (QED) is 0.874. The molecular formula is C17H20ClNO. The van der Waals surface area contributed by atoms with Gasteiger partial charge in [0.15, 0.2) is 0 Å². The van der Waals surface area contributed by atoms with E-state index >= 15 is 0 Å². The van der Waals surface area contributed by atoms with Gasteiger partial charge in [-0.2, -0.15) is 0 Å². The second-order valence-electron chi connectivity index (χ2n) is 4.99. The van der Waals surface area contributed by atoms with Gasteiger partial charge in [0, 0.05) is 17.1 Å². The maximum atomic E-state index is 6.11. The van der Waals surface area contributed by atoms with Gasteiger partial charge in [0.2, 0.25) is 0 Å². The lowest BCUT2D eigenvalue weighted by molar-refractivity contribution is 0.243. The molecule has 0 radical (unpaired) electrons. The third-order valence-electron chi connectivity index (χ3n) is 2.97. The van der Waals surface area contributed by atoms with Crippen molar-refractivity contribution < 1.29 is 4.74 Å². The van der Waals surface area contributed by atoms with E-state index in [9.17, 15) is 0 Å². The van der Waals surface area contributed by atoms with E-state index < -0.39 is 0 Å². The van der Waals surface area contributed by atoms with Gasteiger partial charge in [-0.1, -0.05) is 35.9 Å². The van der Waals surface area contributed by atoms with Crippen molar-refractivity contribution in [1.82, 2.24) is 5.32 Å². The SMILES string of the molecule is CNCc1cc(Cl)ccc1-c1ccccc1OC(C)C. The van der Waals surface area contributed by atoms with Crippen LogP contribution in [-0.2, 0) is 6.54 Å². The molecule has 0 saturated carbocycles. The maximum Gasteiger partial charge on any atom is 0.127 e. The topological polar surface area (TPSA) is 21.3 Å². The Bertz CT molecular complexity index is 581. The first-order chi connectivity index (χ1) is 9.61. The molecule has 2 rings (SSSR count). The van der Waals surface area contributed by atoms with E-state index in [0.717, 1.165) is 28.4 Å². The van der Waals surface area contributed by atoms with E-state index in [1.807, 2.05) is 51.2 Å². The third-order valence-corrected chi connectivity index (χ3v) is 3.21. The smallest absolute Gasteiger partial charge is 0.127 e. The van der Waals surface area contributed by atoms with Crippen molar-refractivity contribution in [3.05, 3.63) is 53.1 Å². The first-order valence-corrected chi connectivity index (χ1v) is 7.18. The summed E-state index contributed by atoms with van der Waals surface area (Å²) in [6, 6.07) is 14.1. The largest absolute Gasteiger partial charge is 0.490 e. The lowest BCUT2D eigenvalue weighted by Crippen LogP contribution is -2.08. The molecule has 0 unspecified atom stereocenters. The third kappa shape index (κ3) is 3.53. The van der Waals surface area contributed by atoms with E-state index in [0.29, 0.717) is 0 Å². The number of rotatable bonds is 5. The van der Waals surface area contributed by atoms with Gasteiger partial charge in [0.1, 0.15) is 5.75 Å². The first kappa shape index (κ1) is 14.9. The molecule has 0 spiro atoms. The van der Waals surface area contributed by atoms with Crippen LogP contribution < -0.4 is 10.1 Å². The Kier molecular flexibility index (Phi) is 5.05. The second kappa shape index (κ2) is 6.78. The van der Waals surface area contributed by atoms with Crippen molar-refractivity contribution >= 4 is 11.6 Å². The van der Waals surface area contributed by atoms with Crippen LogP contribution in [0.5, 0.6) is 5.75 Å². The van der Waals surface area contributed by atoms with Crippen molar-refractivity contribution in [2.45, 2.75) is 26.5 Å². The molecule has 0 heterocycles. The molecule has 1 N–H and O–H groups in total. The zero-order valence-corrected chi connectivity index (χ0v) is 12.9. The summed E-state index contributed by atoms with van der Waals surface area (Å²) < 4.78 is 5.91. The summed E-state index contributed by atoms with van der Waals surface area (Å²) in [5.41, 5.74) is 3.42. The lowest BCUT2D eigenvalue weighted by atomic mass is 9.98. The molecule has 0 aromatic heterocycles. The van der Waals surface area contributed by atoms with Gasteiger partial charge in [-0.3, -0.25) is 0 Å². The van der Waals surface area contributed by atoms with E-state index in [1.54, 1.807) is 0 Å². The molecule has 0 bridgehead atoms. The van der Waals surface area contributed by atoms with Gasteiger partial charge >= 0.3 is 0 Å². The van der Waals surface area contributed by atoms with E-state index in [-0.39, 0.29) is 6.10 Å². The van der Waals surface area contributed by atoms with Crippen LogP contribution in [0.1, 0.15) is 19.4 Å². The van der Waals surface area contributed by atoms with Gasteiger partial charge in [0.25, 0.3) is 0 Å². The van der Waals surface area contributed by atoms with Gasteiger partial charge in [-0.05, 0) is 50.2 Å². The predicted octanol–water partition coefficient (Wildman–Crippen LogP) is 4.51. The second-order valence-corrected chi connectivity index (χ2v) is 5.43. The fourth-order valence-electron chi connectivity index (χ4n) is 2.21. The Morgan fingerprint density at radius 2 is 1.85 bits per heavy atom. The van der Waals surface area contributed by atoms with Gasteiger partial charge < -0.3 is 10.1 Å². The normalized spacial score (nSPS) is 10.8. The van der Waals surface area contributed by atoms with Crippen LogP contribution in [0.4, 0.5) is 0 Å². The fourth-order valence-corrected chi connectivity index (χ4v) is 2.40. The lowest BCUT2D eigenvalue weighted by Gasteiger charge is -2.17. The minimum absolute atomic E-state index is 0.149. The fraction of sp³-hybridized carbons (Fsp3) is 0.294. The van der Waals surface area contributed by atoms with Crippen LogP contribution >= 0.6 is 11.6 Å². The standard InChI is InChI=1S/C17H20ClNO/c1-12(2)20-17-7-5-4-6-16(17)15-9-8-14(18)10-13(15)11-19-3/h4-10,12,19H,11H2,1-3H3. The van der Waals surface area contributed by atoms with Crippen molar-refractivity contribution in [2.24, 2.45) is 0 Å². The summed E-state index contributed by atoms with van der Waals surface area (Å²) in [6.07, 6.45) is 0.149. The Morgan fingerprint density at radius 3 is 2.55 bits per heavy atom. The highest BCUT2D eigenvalue weighted by Crippen LogP contribution is 2.34. The Labute approximate surface area is 125 Å². The molecule has 0 amide bonds. The molecule has 2 nitrogen and oxygen atoms in total. The number of halogens is 1. The molecule has 106 valence electrons. The van der Waals surface area contributed by atoms with E-state index in [1.165, 1.54) is 5.56 Å². The van der Waals surface area contributed by atoms with Crippen molar-refractivity contribution in [3.63, 3.8) is 0 Å². The van der Waals surface area contributed by atoms with Crippen LogP contribution in [-0.4, -0.2) is 13.2 Å². The highest BCUT2D eigenvalue weighted by Gasteiger charge is 2.11. The van der Waals surface area contributed by atoms with Crippen LogP contribution in [0.15, 0.2) is 42.5 Å². The number of benzene rings is 2. The summed E-state index contributed by atoms with van der Waals surface area (Å²) >= 11 is 6.11. The zero-order valence-electron chi connectivity index (χ0n) is 12.1. The molecule has 0 fully saturated rings. The van der Waals surface area contributed by atoms with Crippen LogP contribution in [0, 0.1) is 0 Å². The maximum absolute atomic E-state index is 6.11. The average molecular weight is 290 g/mol. The minimum Gasteiger partial charge on any atom is -0.490 e. The molecule has 20 heavy (non-hydrogen) atoms. The highest BCUT2D eigenvalue weighted by molar-refractivity contribution is 6.30. The Morgan fingerprint density at radius 1 is 1.10 bits per heavy atom. The molecule has 0 saturated heterocycles. The zero-order chi connectivity index (χ0) is 14.5. The van der Waals surface area contributed by atoms with Gasteiger partial charge in [-0.15, -0.1) is 0 Å². The van der Waals surface area contributed by atoms with Gasteiger partial charge in [-0.25, -0.2) is 0 Å². The number of hydrogen-bond donors (Lipinski definition) is 1. The minimum atomic E-state index is 0.149. The summed E-state index contributed by atoms with van der Waals surface area (Å²) in [7, 11) is 1.93. The molecule has 0 aliphatic rings. The number of hydrogen-bond acceptors (Lipinski definition) is 2. The summed E-state index contributed by atoms with van der Waals surface area (Å²) in [4.78, 5) is 0. The summed E-state index contributed by atoms with van der Waals surface area (Å²) in [5, 5.41) is 3.93. The van der Waals surface area contributed by atoms with Gasteiger partial charge in [0.05, 0.1) is 6.10 Å². The van der Waals surface area contributed by atoms with Crippen LogP contribution in [0.25, 0.3) is 11.1 Å². The molecule has 0 aliphatic carbocycles. The van der Waals surface area contributed by atoms with Crippen molar-refractivity contribution in [3.8, 4) is 16.9 Å². The highest BCUT2D eigenvalue weighted by atomic mass is 35.5. The van der Waals surface area contributed by atoms with Crippen molar-refractivity contribution in [2.75, 3.05) is 7.05 Å². The van der Waals surface area contributed by atoms with E-state index in [4.69, 9.17) is 16.3 Å². The van der Waals surface area contributed by atoms with E-state index in [2.05, 4.69) is 17.4 Å². The first-order valence-electron chi connectivity index (χ1n) is 6.81. The molecule has 2 aromatic rings. The predicted molar refractivity (Wildman–Crippen MR) is 85.4 cm³/mol. The van der Waals surface area contributed by atoms with Crippen LogP contribution in [0.2, 0.25) is 5.02 Å². The Hall–Kier alpha value is -1.51. The molecular weight excluding hydrogens is 270 g/mol. The number of para-hydroxylation sites is 1. The summed E-state index contributed by atoms with van der Waals surface area (Å²) in [6.45, 7) is 4.84. The summed E-state index contributed by atoms with van der Waals surface area (Å²) in [5.74, 6) is 0.905. The van der Waals surface area contributed by atoms with Crippen LogP contribution in [0.3, 0.4) is 0 Å². The Balaban J connectivity index is 2.50. The monoisotopic (exact) mass is 289 g/mol. The van der Waals surface area contributed by atoms with Crippen molar-refractivity contribution in [1.29, 1.82) is 0 Å². The number of nitrogens with one attached hydrogen (secondary N) is 1. The molecule has 3 heteroatoms. The molecule has 2 aromatic carbocycles. The number of ether oxygens (including phenoxy) is 1. The average Bonchev–Trinajstić information content (AvgIpc) is 2.40. The molecule has 0 atom stereocenters. The molecule has 0 aliphatic heterocycles.